The number of hydrogen-bond acceptors (Lipinski definition) is 6. The van der Waals surface area contributed by atoms with Crippen LogP contribution in [0.2, 0.25) is 5.02 Å². The van der Waals surface area contributed by atoms with Gasteiger partial charge in [-0.3, -0.25) is 14.6 Å². The van der Waals surface area contributed by atoms with E-state index in [1.165, 1.54) is 11.3 Å². The Morgan fingerprint density at radius 1 is 1.23 bits per heavy atom. The third kappa shape index (κ3) is 4.65. The van der Waals surface area contributed by atoms with Gasteiger partial charge >= 0.3 is 0 Å². The summed E-state index contributed by atoms with van der Waals surface area (Å²) >= 11 is 9.56. The van der Waals surface area contributed by atoms with Crippen LogP contribution in [0, 0.1) is 6.92 Å². The van der Waals surface area contributed by atoms with Gasteiger partial charge in [0.1, 0.15) is 0 Å². The number of thiazole rings is 1. The molecule has 2 aromatic carbocycles. The Morgan fingerprint density at radius 2 is 1.97 bits per heavy atom. The number of anilines is 1. The van der Waals surface area contributed by atoms with Crippen LogP contribution in [0.3, 0.4) is 0 Å². The van der Waals surface area contributed by atoms with Gasteiger partial charge in [-0.15, -0.1) is 11.8 Å². The predicted molar refractivity (Wildman–Crippen MR) is 127 cm³/mol. The Labute approximate surface area is 190 Å². The number of halogens is 1. The standard InChI is InChI=1S/C22H24ClN3O2S2/c1-15-3-8-18(23)20-19(15)24-22(30-20)26(10-9-25-11-13-28-14-12-25)21(27)16-4-6-17(29-2)7-5-16/h3-8H,9-14H2,1-2H3. The van der Waals surface area contributed by atoms with Gasteiger partial charge in [0.25, 0.3) is 5.91 Å². The second-order valence-electron chi connectivity index (χ2n) is 7.18. The number of thioether (sulfide) groups is 1. The normalized spacial score (nSPS) is 14.9. The molecule has 0 saturated carbocycles. The van der Waals surface area contributed by atoms with Crippen LogP contribution >= 0.6 is 34.7 Å². The minimum Gasteiger partial charge on any atom is -0.379 e. The Morgan fingerprint density at radius 3 is 2.63 bits per heavy atom. The Kier molecular flexibility index (Phi) is 6.95. The van der Waals surface area contributed by atoms with Crippen LogP contribution in [0.25, 0.3) is 10.2 Å². The summed E-state index contributed by atoms with van der Waals surface area (Å²) in [4.78, 5) is 23.5. The monoisotopic (exact) mass is 461 g/mol. The number of carbonyl (C=O) groups excluding carboxylic acids is 1. The van der Waals surface area contributed by atoms with Crippen molar-refractivity contribution in [3.63, 3.8) is 0 Å². The first-order chi connectivity index (χ1) is 14.6. The maximum absolute atomic E-state index is 13.5. The largest absolute Gasteiger partial charge is 0.379 e. The van der Waals surface area contributed by atoms with Crippen LogP contribution in [-0.4, -0.2) is 61.4 Å². The van der Waals surface area contributed by atoms with Crippen LogP contribution in [0.4, 0.5) is 5.13 Å². The molecule has 0 radical (unpaired) electrons. The average molecular weight is 462 g/mol. The number of nitrogens with zero attached hydrogens (tertiary/aromatic N) is 3. The molecule has 0 atom stereocenters. The molecule has 5 nitrogen and oxygen atoms in total. The van der Waals surface area contributed by atoms with Crippen LogP contribution in [0.1, 0.15) is 15.9 Å². The average Bonchev–Trinajstić information content (AvgIpc) is 3.24. The van der Waals surface area contributed by atoms with E-state index in [0.29, 0.717) is 22.3 Å². The molecule has 3 aromatic rings. The van der Waals surface area contributed by atoms with E-state index in [1.807, 2.05) is 49.6 Å². The summed E-state index contributed by atoms with van der Waals surface area (Å²) in [5.74, 6) is -0.0382. The Balaban J connectivity index is 1.66. The molecule has 1 amide bonds. The third-order valence-electron chi connectivity index (χ3n) is 5.24. The van der Waals surface area contributed by atoms with E-state index in [2.05, 4.69) is 4.90 Å². The number of benzene rings is 2. The molecule has 0 N–H and O–H groups in total. The van der Waals surface area contributed by atoms with Gasteiger partial charge in [-0.05, 0) is 49.1 Å². The summed E-state index contributed by atoms with van der Waals surface area (Å²) in [5.41, 5.74) is 2.59. The Hall–Kier alpha value is -1.64. The number of fused-ring (bicyclic) bond motifs is 1. The predicted octanol–water partition coefficient (Wildman–Crippen LogP) is 4.96. The highest BCUT2D eigenvalue weighted by atomic mass is 35.5. The summed E-state index contributed by atoms with van der Waals surface area (Å²) in [6.45, 7) is 6.61. The van der Waals surface area contributed by atoms with Gasteiger partial charge in [0.2, 0.25) is 0 Å². The summed E-state index contributed by atoms with van der Waals surface area (Å²) in [7, 11) is 0. The van der Waals surface area contributed by atoms with Gasteiger partial charge in [-0.1, -0.05) is 29.0 Å². The zero-order valence-electron chi connectivity index (χ0n) is 17.1. The van der Waals surface area contributed by atoms with Crippen molar-refractivity contribution in [1.82, 2.24) is 9.88 Å². The SMILES string of the molecule is CSc1ccc(C(=O)N(CCN2CCOCC2)c2nc3c(C)ccc(Cl)c3s2)cc1. The van der Waals surface area contributed by atoms with E-state index >= 15 is 0 Å². The van der Waals surface area contributed by atoms with Gasteiger partial charge in [0.15, 0.2) is 5.13 Å². The molecule has 0 unspecified atom stereocenters. The Bertz CT molecular complexity index is 994. The highest BCUT2D eigenvalue weighted by Gasteiger charge is 2.23. The topological polar surface area (TPSA) is 45.7 Å². The molecule has 1 aliphatic heterocycles. The summed E-state index contributed by atoms with van der Waals surface area (Å²) in [6.07, 6.45) is 2.03. The van der Waals surface area contributed by atoms with Crippen molar-refractivity contribution in [1.29, 1.82) is 0 Å². The molecule has 1 aromatic heterocycles. The molecule has 0 bridgehead atoms. The fraction of sp³-hybridized carbons (Fsp3) is 0.364. The highest BCUT2D eigenvalue weighted by Crippen LogP contribution is 2.36. The van der Waals surface area contributed by atoms with Gasteiger partial charge in [-0.2, -0.15) is 0 Å². The van der Waals surface area contributed by atoms with Gasteiger partial charge in [0.05, 0.1) is 28.5 Å². The number of rotatable bonds is 6. The van der Waals surface area contributed by atoms with Crippen LogP contribution in [-0.2, 0) is 4.74 Å². The van der Waals surface area contributed by atoms with E-state index in [4.69, 9.17) is 21.3 Å². The van der Waals surface area contributed by atoms with E-state index < -0.39 is 0 Å². The van der Waals surface area contributed by atoms with Crippen molar-refractivity contribution in [3.05, 3.63) is 52.5 Å². The minimum absolute atomic E-state index is 0.0382. The molecule has 158 valence electrons. The molecule has 30 heavy (non-hydrogen) atoms. The zero-order chi connectivity index (χ0) is 21.1. The molecule has 2 heterocycles. The molecule has 4 rings (SSSR count). The number of amides is 1. The van der Waals surface area contributed by atoms with Crippen molar-refractivity contribution in [2.45, 2.75) is 11.8 Å². The van der Waals surface area contributed by atoms with Gasteiger partial charge < -0.3 is 4.74 Å². The van der Waals surface area contributed by atoms with Crippen molar-refractivity contribution < 1.29 is 9.53 Å². The van der Waals surface area contributed by atoms with Gasteiger partial charge in [-0.25, -0.2) is 4.98 Å². The smallest absolute Gasteiger partial charge is 0.260 e. The molecule has 1 saturated heterocycles. The number of ether oxygens (including phenoxy) is 1. The minimum atomic E-state index is -0.0382. The molecule has 1 aliphatic rings. The fourth-order valence-corrected chi connectivity index (χ4v) is 5.20. The first kappa shape index (κ1) is 21.6. The van der Waals surface area contributed by atoms with Crippen LogP contribution < -0.4 is 4.90 Å². The number of hydrogen-bond donors (Lipinski definition) is 0. The second kappa shape index (κ2) is 9.66. The van der Waals surface area contributed by atoms with Crippen LogP contribution in [0.15, 0.2) is 41.3 Å². The number of aromatic nitrogens is 1. The van der Waals surface area contributed by atoms with E-state index in [1.54, 1.807) is 16.7 Å². The fourth-order valence-electron chi connectivity index (χ4n) is 3.45. The maximum atomic E-state index is 13.5. The lowest BCUT2D eigenvalue weighted by Crippen LogP contribution is -2.43. The molecule has 0 aliphatic carbocycles. The number of morpholine rings is 1. The first-order valence-corrected chi connectivity index (χ1v) is 12.3. The summed E-state index contributed by atoms with van der Waals surface area (Å²) < 4.78 is 6.37. The van der Waals surface area contributed by atoms with Gasteiger partial charge in [0, 0.05) is 36.6 Å². The second-order valence-corrected chi connectivity index (χ2v) is 9.44. The lowest BCUT2D eigenvalue weighted by atomic mass is 10.2. The molecule has 0 spiro atoms. The third-order valence-corrected chi connectivity index (χ3v) is 7.52. The molecular weight excluding hydrogens is 438 g/mol. The highest BCUT2D eigenvalue weighted by molar-refractivity contribution is 7.98. The van der Waals surface area contributed by atoms with Crippen molar-refractivity contribution in [3.8, 4) is 0 Å². The first-order valence-electron chi connectivity index (χ1n) is 9.88. The summed E-state index contributed by atoms with van der Waals surface area (Å²) in [5, 5.41) is 1.36. The van der Waals surface area contributed by atoms with Crippen molar-refractivity contribution >= 4 is 56.0 Å². The van der Waals surface area contributed by atoms with E-state index in [-0.39, 0.29) is 5.91 Å². The molecule has 8 heteroatoms. The van der Waals surface area contributed by atoms with E-state index in [0.717, 1.165) is 53.5 Å². The van der Waals surface area contributed by atoms with Crippen molar-refractivity contribution in [2.75, 3.05) is 50.5 Å². The van der Waals surface area contributed by atoms with Crippen molar-refractivity contribution in [2.24, 2.45) is 0 Å². The number of carbonyl (C=O) groups is 1. The zero-order valence-corrected chi connectivity index (χ0v) is 19.4. The van der Waals surface area contributed by atoms with Crippen LogP contribution in [0.5, 0.6) is 0 Å². The van der Waals surface area contributed by atoms with E-state index in [9.17, 15) is 4.79 Å². The lowest BCUT2D eigenvalue weighted by molar-refractivity contribution is 0.0391. The lowest BCUT2D eigenvalue weighted by Gasteiger charge is -2.29. The summed E-state index contributed by atoms with van der Waals surface area (Å²) in [6, 6.07) is 11.6. The quantitative estimate of drug-likeness (QED) is 0.485. The maximum Gasteiger partial charge on any atom is 0.260 e. The molecule has 1 fully saturated rings. The molecular formula is C22H24ClN3O2S2. The number of aryl methyl sites for hydroxylation is 1.